The molecule has 0 aliphatic heterocycles. The fraction of sp³-hybridized carbons (Fsp3) is 0.450. The van der Waals surface area contributed by atoms with Crippen LogP contribution in [0, 0.1) is 19.8 Å². The van der Waals surface area contributed by atoms with E-state index in [1.165, 1.54) is 37.8 Å². The number of anilines is 2. The van der Waals surface area contributed by atoms with Gasteiger partial charge in [0.2, 0.25) is 5.91 Å². The second-order valence-electron chi connectivity index (χ2n) is 7.31. The Kier molecular flexibility index (Phi) is 6.28. The molecule has 1 aromatic heterocycles. The maximum Gasteiger partial charge on any atom is 0.263 e. The number of sulfonamides is 1. The standard InChI is InChI=1S/C20H26N4O3S/c1-14-13-19(22-15(2)21-14)24-28(26,27)18-10-8-17(9-11-18)23-20(25)12-7-16-5-3-4-6-16/h8-11,13,16H,3-7,12H2,1-2H3,(H,23,25)(H,21,22,24). The highest BCUT2D eigenvalue weighted by Crippen LogP contribution is 2.28. The molecule has 3 rings (SSSR count). The third kappa shape index (κ3) is 5.51. The Hall–Kier alpha value is -2.48. The smallest absolute Gasteiger partial charge is 0.263 e. The highest BCUT2D eigenvalue weighted by Gasteiger charge is 2.17. The molecule has 1 fully saturated rings. The van der Waals surface area contributed by atoms with Gasteiger partial charge >= 0.3 is 0 Å². The van der Waals surface area contributed by atoms with Crippen LogP contribution in [0.2, 0.25) is 0 Å². The average Bonchev–Trinajstić information content (AvgIpc) is 3.13. The number of nitrogens with one attached hydrogen (secondary N) is 2. The number of hydrogen-bond acceptors (Lipinski definition) is 5. The first-order valence-corrected chi connectivity index (χ1v) is 11.1. The Morgan fingerprint density at radius 2 is 1.79 bits per heavy atom. The predicted octanol–water partition coefficient (Wildman–Crippen LogP) is 3.80. The molecule has 1 aromatic carbocycles. The maximum atomic E-state index is 12.5. The van der Waals surface area contributed by atoms with Gasteiger partial charge in [-0.1, -0.05) is 25.7 Å². The molecule has 1 saturated carbocycles. The van der Waals surface area contributed by atoms with Crippen LogP contribution in [0.15, 0.2) is 35.2 Å². The van der Waals surface area contributed by atoms with E-state index in [-0.39, 0.29) is 16.6 Å². The van der Waals surface area contributed by atoms with Gasteiger partial charge in [-0.05, 0) is 50.5 Å². The van der Waals surface area contributed by atoms with Crippen molar-refractivity contribution in [1.29, 1.82) is 0 Å². The van der Waals surface area contributed by atoms with Gasteiger partial charge in [-0.3, -0.25) is 9.52 Å². The van der Waals surface area contributed by atoms with E-state index < -0.39 is 10.0 Å². The fourth-order valence-corrected chi connectivity index (χ4v) is 4.53. The quantitative estimate of drug-likeness (QED) is 0.733. The molecule has 2 N–H and O–H groups in total. The van der Waals surface area contributed by atoms with Gasteiger partial charge < -0.3 is 5.32 Å². The Bertz CT molecular complexity index is 916. The zero-order valence-electron chi connectivity index (χ0n) is 16.2. The molecule has 1 aliphatic carbocycles. The highest BCUT2D eigenvalue weighted by atomic mass is 32.2. The fourth-order valence-electron chi connectivity index (χ4n) is 3.54. The molecule has 150 valence electrons. The Labute approximate surface area is 166 Å². The van der Waals surface area contributed by atoms with Gasteiger partial charge in [0.1, 0.15) is 11.6 Å². The summed E-state index contributed by atoms with van der Waals surface area (Å²) < 4.78 is 27.6. The summed E-state index contributed by atoms with van der Waals surface area (Å²) in [5, 5.41) is 2.83. The molecule has 0 bridgehead atoms. The predicted molar refractivity (Wildman–Crippen MR) is 109 cm³/mol. The van der Waals surface area contributed by atoms with Crippen molar-refractivity contribution in [3.05, 3.63) is 41.9 Å². The number of nitrogens with zero attached hydrogens (tertiary/aromatic N) is 2. The minimum Gasteiger partial charge on any atom is -0.326 e. The minimum atomic E-state index is -3.77. The van der Waals surface area contributed by atoms with Crippen LogP contribution in [0.25, 0.3) is 0 Å². The summed E-state index contributed by atoms with van der Waals surface area (Å²) in [7, 11) is -3.77. The van der Waals surface area contributed by atoms with E-state index in [0.717, 1.165) is 6.42 Å². The van der Waals surface area contributed by atoms with Crippen LogP contribution in [0.3, 0.4) is 0 Å². The number of aryl methyl sites for hydroxylation is 2. The highest BCUT2D eigenvalue weighted by molar-refractivity contribution is 7.92. The monoisotopic (exact) mass is 402 g/mol. The molecule has 8 heteroatoms. The molecule has 0 saturated heterocycles. The lowest BCUT2D eigenvalue weighted by Gasteiger charge is -2.11. The van der Waals surface area contributed by atoms with Crippen molar-refractivity contribution in [1.82, 2.24) is 9.97 Å². The van der Waals surface area contributed by atoms with Gasteiger partial charge in [0.15, 0.2) is 0 Å². The topological polar surface area (TPSA) is 101 Å². The summed E-state index contributed by atoms with van der Waals surface area (Å²) in [6.45, 7) is 3.48. The summed E-state index contributed by atoms with van der Waals surface area (Å²) in [5.74, 6) is 1.36. The average molecular weight is 403 g/mol. The lowest BCUT2D eigenvalue weighted by atomic mass is 10.0. The summed E-state index contributed by atoms with van der Waals surface area (Å²) in [6.07, 6.45) is 6.39. The van der Waals surface area contributed by atoms with Crippen molar-refractivity contribution in [2.75, 3.05) is 10.0 Å². The molecule has 7 nitrogen and oxygen atoms in total. The van der Waals surface area contributed by atoms with Gasteiger partial charge in [0.25, 0.3) is 10.0 Å². The molecule has 0 unspecified atom stereocenters. The molecular weight excluding hydrogens is 376 g/mol. The molecule has 0 spiro atoms. The SMILES string of the molecule is Cc1cc(NS(=O)(=O)c2ccc(NC(=O)CCC3CCCC3)cc2)nc(C)n1. The number of rotatable bonds is 7. The molecular formula is C20H26N4O3S. The van der Waals surface area contributed by atoms with Crippen molar-refractivity contribution >= 4 is 27.4 Å². The molecule has 0 radical (unpaired) electrons. The third-order valence-corrected chi connectivity index (χ3v) is 6.28. The Balaban J connectivity index is 1.60. The molecule has 1 aliphatic rings. The van der Waals surface area contributed by atoms with Crippen molar-refractivity contribution in [2.24, 2.45) is 5.92 Å². The zero-order chi connectivity index (χ0) is 20.1. The minimum absolute atomic E-state index is 0.0347. The number of hydrogen-bond donors (Lipinski definition) is 2. The van der Waals surface area contributed by atoms with Gasteiger partial charge in [-0.15, -0.1) is 0 Å². The zero-order valence-corrected chi connectivity index (χ0v) is 17.1. The van der Waals surface area contributed by atoms with Crippen molar-refractivity contribution < 1.29 is 13.2 Å². The molecule has 28 heavy (non-hydrogen) atoms. The number of carbonyl (C=O) groups excluding carboxylic acids is 1. The number of aromatic nitrogens is 2. The largest absolute Gasteiger partial charge is 0.326 e. The van der Waals surface area contributed by atoms with Crippen LogP contribution in [0.1, 0.15) is 50.0 Å². The third-order valence-electron chi connectivity index (χ3n) is 4.91. The second-order valence-corrected chi connectivity index (χ2v) is 8.99. The molecule has 1 amide bonds. The molecule has 0 atom stereocenters. The van der Waals surface area contributed by atoms with Crippen LogP contribution in [-0.2, 0) is 14.8 Å². The summed E-state index contributed by atoms with van der Waals surface area (Å²) >= 11 is 0. The van der Waals surface area contributed by atoms with Gasteiger partial charge in [-0.25, -0.2) is 18.4 Å². The first-order valence-electron chi connectivity index (χ1n) is 9.57. The van der Waals surface area contributed by atoms with Gasteiger partial charge in [-0.2, -0.15) is 0 Å². The lowest BCUT2D eigenvalue weighted by Crippen LogP contribution is -2.15. The molecule has 1 heterocycles. The normalized spacial score (nSPS) is 14.8. The van der Waals surface area contributed by atoms with E-state index in [0.29, 0.717) is 29.5 Å². The molecule has 2 aromatic rings. The number of benzene rings is 1. The van der Waals surface area contributed by atoms with Crippen LogP contribution >= 0.6 is 0 Å². The summed E-state index contributed by atoms with van der Waals surface area (Å²) in [4.78, 5) is 20.4. The van der Waals surface area contributed by atoms with Gasteiger partial charge in [0.05, 0.1) is 4.90 Å². The summed E-state index contributed by atoms with van der Waals surface area (Å²) in [6, 6.07) is 7.70. The maximum absolute atomic E-state index is 12.5. The van der Waals surface area contributed by atoms with E-state index in [9.17, 15) is 13.2 Å². The van der Waals surface area contributed by atoms with Gasteiger partial charge in [0, 0.05) is 23.9 Å². The van der Waals surface area contributed by atoms with Crippen molar-refractivity contribution in [3.8, 4) is 0 Å². The Morgan fingerprint density at radius 1 is 1.11 bits per heavy atom. The second kappa shape index (κ2) is 8.68. The van der Waals surface area contributed by atoms with Crippen molar-refractivity contribution in [3.63, 3.8) is 0 Å². The van der Waals surface area contributed by atoms with Crippen LogP contribution < -0.4 is 10.0 Å². The number of amides is 1. The first kappa shape index (κ1) is 20.3. The van der Waals surface area contributed by atoms with E-state index in [1.807, 2.05) is 0 Å². The van der Waals surface area contributed by atoms with Crippen molar-refractivity contribution in [2.45, 2.75) is 57.3 Å². The summed E-state index contributed by atoms with van der Waals surface area (Å²) in [5.41, 5.74) is 1.27. The van der Waals surface area contributed by atoms with E-state index in [1.54, 1.807) is 32.0 Å². The number of carbonyl (C=O) groups is 1. The van der Waals surface area contributed by atoms with E-state index in [4.69, 9.17) is 0 Å². The van der Waals surface area contributed by atoms with Crippen LogP contribution in [-0.4, -0.2) is 24.3 Å². The lowest BCUT2D eigenvalue weighted by molar-refractivity contribution is -0.116. The van der Waals surface area contributed by atoms with E-state index >= 15 is 0 Å². The Morgan fingerprint density at radius 3 is 2.43 bits per heavy atom. The first-order chi connectivity index (χ1) is 13.3. The van der Waals surface area contributed by atoms with Crippen LogP contribution in [0.5, 0.6) is 0 Å². The van der Waals surface area contributed by atoms with E-state index in [2.05, 4.69) is 20.0 Å². The van der Waals surface area contributed by atoms with Crippen LogP contribution in [0.4, 0.5) is 11.5 Å².